The summed E-state index contributed by atoms with van der Waals surface area (Å²) in [5, 5.41) is 3.05. The van der Waals surface area contributed by atoms with Crippen molar-refractivity contribution < 1.29 is 4.79 Å². The molecule has 0 spiro atoms. The van der Waals surface area contributed by atoms with Crippen LogP contribution < -0.4 is 11.1 Å². The molecule has 0 aliphatic heterocycles. The van der Waals surface area contributed by atoms with E-state index in [1.807, 2.05) is 24.3 Å². The minimum atomic E-state index is -0.336. The number of carbonyl (C=O) groups excluding carboxylic acids is 1. The molecule has 1 amide bonds. The van der Waals surface area contributed by atoms with Gasteiger partial charge >= 0.3 is 0 Å². The van der Waals surface area contributed by atoms with Gasteiger partial charge in [0.25, 0.3) is 0 Å². The number of nitrogens with two attached hydrogens (primary N) is 1. The van der Waals surface area contributed by atoms with Crippen LogP contribution in [-0.4, -0.2) is 15.9 Å². The predicted octanol–water partition coefficient (Wildman–Crippen LogP) is 1.25. The Balaban J connectivity index is 2.06. The highest BCUT2D eigenvalue weighted by molar-refractivity contribution is 5.76. The second kappa shape index (κ2) is 5.07. The molecule has 0 aliphatic carbocycles. The number of anilines is 2. The molecule has 0 atom stereocenters. The first-order valence-electron chi connectivity index (χ1n) is 5.15. The normalized spacial score (nSPS) is 9.88. The maximum atomic E-state index is 10.7. The monoisotopic (exact) mass is 228 g/mol. The summed E-state index contributed by atoms with van der Waals surface area (Å²) in [6, 6.07) is 9.15. The van der Waals surface area contributed by atoms with Crippen molar-refractivity contribution in [2.75, 3.05) is 5.32 Å². The Bertz CT molecular complexity index is 496. The van der Waals surface area contributed by atoms with Gasteiger partial charge in [-0.15, -0.1) is 0 Å². The van der Waals surface area contributed by atoms with Crippen molar-refractivity contribution in [2.24, 2.45) is 5.73 Å². The molecule has 0 radical (unpaired) electrons. The summed E-state index contributed by atoms with van der Waals surface area (Å²) < 4.78 is 0. The molecule has 0 fully saturated rings. The molecule has 5 nitrogen and oxygen atoms in total. The zero-order chi connectivity index (χ0) is 12.1. The summed E-state index contributed by atoms with van der Waals surface area (Å²) in [7, 11) is 0. The number of primary amides is 1. The van der Waals surface area contributed by atoms with Crippen LogP contribution in [-0.2, 0) is 11.2 Å². The molecule has 0 aliphatic rings. The Morgan fingerprint density at radius 3 is 2.41 bits per heavy atom. The van der Waals surface area contributed by atoms with Crippen LogP contribution in [0.5, 0.6) is 0 Å². The molecule has 1 aromatic heterocycles. The fraction of sp³-hybridized carbons (Fsp3) is 0.0833. The van der Waals surface area contributed by atoms with Crippen molar-refractivity contribution in [3.8, 4) is 0 Å². The average Bonchev–Trinajstić information content (AvgIpc) is 2.32. The van der Waals surface area contributed by atoms with E-state index in [2.05, 4.69) is 15.3 Å². The maximum absolute atomic E-state index is 10.7. The third kappa shape index (κ3) is 3.27. The van der Waals surface area contributed by atoms with Crippen molar-refractivity contribution in [1.29, 1.82) is 0 Å². The molecule has 2 aromatic rings. The van der Waals surface area contributed by atoms with Crippen molar-refractivity contribution >= 4 is 17.5 Å². The quantitative estimate of drug-likeness (QED) is 0.825. The van der Waals surface area contributed by atoms with Crippen molar-refractivity contribution in [3.05, 3.63) is 48.3 Å². The maximum Gasteiger partial charge on any atom is 0.227 e. The molecule has 2 rings (SSSR count). The molecular formula is C12H12N4O. The highest BCUT2D eigenvalue weighted by Crippen LogP contribution is 2.13. The van der Waals surface area contributed by atoms with Gasteiger partial charge in [0.2, 0.25) is 11.9 Å². The number of benzene rings is 1. The Morgan fingerprint density at radius 2 is 1.82 bits per heavy atom. The number of hydrogen-bond acceptors (Lipinski definition) is 4. The van der Waals surface area contributed by atoms with E-state index < -0.39 is 0 Å². The SMILES string of the molecule is NC(=O)Cc1ccc(Nc2ncccn2)cc1. The van der Waals surface area contributed by atoms with E-state index >= 15 is 0 Å². The molecule has 0 saturated carbocycles. The highest BCUT2D eigenvalue weighted by atomic mass is 16.1. The van der Waals surface area contributed by atoms with Crippen LogP contribution in [0, 0.1) is 0 Å². The van der Waals surface area contributed by atoms with E-state index in [1.54, 1.807) is 18.5 Å². The van der Waals surface area contributed by atoms with Gasteiger partial charge < -0.3 is 11.1 Å². The number of aromatic nitrogens is 2. The lowest BCUT2D eigenvalue weighted by atomic mass is 10.1. The van der Waals surface area contributed by atoms with E-state index in [9.17, 15) is 4.79 Å². The Hall–Kier alpha value is -2.43. The molecule has 86 valence electrons. The molecular weight excluding hydrogens is 216 g/mol. The third-order valence-corrected chi connectivity index (χ3v) is 2.15. The lowest BCUT2D eigenvalue weighted by Crippen LogP contribution is -2.13. The summed E-state index contributed by atoms with van der Waals surface area (Å²) in [4.78, 5) is 18.8. The molecule has 5 heteroatoms. The smallest absolute Gasteiger partial charge is 0.227 e. The summed E-state index contributed by atoms with van der Waals surface area (Å²) in [5.74, 6) is 0.201. The molecule has 1 aromatic carbocycles. The average molecular weight is 228 g/mol. The van der Waals surface area contributed by atoms with E-state index in [4.69, 9.17) is 5.73 Å². The second-order valence-electron chi connectivity index (χ2n) is 3.54. The second-order valence-corrected chi connectivity index (χ2v) is 3.54. The molecule has 0 unspecified atom stereocenters. The number of carbonyl (C=O) groups is 1. The summed E-state index contributed by atoms with van der Waals surface area (Å²) in [6.07, 6.45) is 3.58. The summed E-state index contributed by atoms with van der Waals surface area (Å²) >= 11 is 0. The molecule has 3 N–H and O–H groups in total. The number of amides is 1. The van der Waals surface area contributed by atoms with Gasteiger partial charge in [0.1, 0.15) is 0 Å². The fourth-order valence-electron chi connectivity index (χ4n) is 1.40. The van der Waals surface area contributed by atoms with Crippen molar-refractivity contribution in [1.82, 2.24) is 9.97 Å². The van der Waals surface area contributed by atoms with Crippen molar-refractivity contribution in [3.63, 3.8) is 0 Å². The number of nitrogens with zero attached hydrogens (tertiary/aromatic N) is 2. The third-order valence-electron chi connectivity index (χ3n) is 2.15. The molecule has 0 bridgehead atoms. The lowest BCUT2D eigenvalue weighted by molar-refractivity contribution is -0.117. The van der Waals surface area contributed by atoms with Gasteiger partial charge in [0.05, 0.1) is 6.42 Å². The summed E-state index contributed by atoms with van der Waals surface area (Å²) in [5.41, 5.74) is 6.86. The van der Waals surface area contributed by atoms with Gasteiger partial charge in [-0.3, -0.25) is 4.79 Å². The van der Waals surface area contributed by atoms with Crippen molar-refractivity contribution in [2.45, 2.75) is 6.42 Å². The van der Waals surface area contributed by atoms with E-state index in [0.29, 0.717) is 5.95 Å². The van der Waals surface area contributed by atoms with Gasteiger partial charge in [0.15, 0.2) is 0 Å². The first-order valence-corrected chi connectivity index (χ1v) is 5.15. The van der Waals surface area contributed by atoms with Crippen LogP contribution in [0.2, 0.25) is 0 Å². The van der Waals surface area contributed by atoms with Crippen LogP contribution in [0.25, 0.3) is 0 Å². The van der Waals surface area contributed by atoms with Gasteiger partial charge in [-0.1, -0.05) is 12.1 Å². The first-order chi connectivity index (χ1) is 8.24. The number of hydrogen-bond donors (Lipinski definition) is 2. The molecule has 1 heterocycles. The van der Waals surface area contributed by atoms with E-state index in [0.717, 1.165) is 11.3 Å². The first kappa shape index (κ1) is 11.1. The van der Waals surface area contributed by atoms with Crippen LogP contribution >= 0.6 is 0 Å². The Labute approximate surface area is 98.7 Å². The van der Waals surface area contributed by atoms with Crippen LogP contribution in [0.4, 0.5) is 11.6 Å². The van der Waals surface area contributed by atoms with Gasteiger partial charge in [-0.05, 0) is 23.8 Å². The van der Waals surface area contributed by atoms with Crippen LogP contribution in [0.3, 0.4) is 0 Å². The van der Waals surface area contributed by atoms with E-state index in [1.165, 1.54) is 0 Å². The minimum absolute atomic E-state index is 0.252. The fourth-order valence-corrected chi connectivity index (χ4v) is 1.40. The van der Waals surface area contributed by atoms with Gasteiger partial charge in [0, 0.05) is 18.1 Å². The highest BCUT2D eigenvalue weighted by Gasteiger charge is 1.99. The zero-order valence-electron chi connectivity index (χ0n) is 9.13. The molecule has 17 heavy (non-hydrogen) atoms. The largest absolute Gasteiger partial charge is 0.369 e. The number of rotatable bonds is 4. The zero-order valence-corrected chi connectivity index (χ0v) is 9.13. The van der Waals surface area contributed by atoms with Crippen LogP contribution in [0.15, 0.2) is 42.7 Å². The van der Waals surface area contributed by atoms with E-state index in [-0.39, 0.29) is 12.3 Å². The van der Waals surface area contributed by atoms with Gasteiger partial charge in [-0.25, -0.2) is 9.97 Å². The number of nitrogens with one attached hydrogen (secondary N) is 1. The van der Waals surface area contributed by atoms with Gasteiger partial charge in [-0.2, -0.15) is 0 Å². The van der Waals surface area contributed by atoms with Crippen LogP contribution in [0.1, 0.15) is 5.56 Å². The summed E-state index contributed by atoms with van der Waals surface area (Å²) in [6.45, 7) is 0. The standard InChI is InChI=1S/C12H12N4O/c13-11(17)8-9-2-4-10(5-3-9)16-12-14-6-1-7-15-12/h1-7H,8H2,(H2,13,17)(H,14,15,16). The topological polar surface area (TPSA) is 80.9 Å². The molecule has 0 saturated heterocycles. The minimum Gasteiger partial charge on any atom is -0.369 e. The lowest BCUT2D eigenvalue weighted by Gasteiger charge is -2.04. The Kier molecular flexibility index (Phi) is 3.30. The Morgan fingerprint density at radius 1 is 1.18 bits per heavy atom. The predicted molar refractivity (Wildman–Crippen MR) is 64.7 cm³/mol.